The van der Waals surface area contributed by atoms with Crippen LogP contribution in [0, 0.1) is 6.92 Å². The number of hydrogen-bond donors (Lipinski definition) is 0. The first-order valence-electron chi connectivity index (χ1n) is 9.56. The van der Waals surface area contributed by atoms with E-state index in [1.54, 1.807) is 38.3 Å². The molecule has 3 rings (SSSR count). The van der Waals surface area contributed by atoms with Crippen molar-refractivity contribution in [3.63, 3.8) is 0 Å². The van der Waals surface area contributed by atoms with Crippen molar-refractivity contribution in [3.8, 4) is 23.0 Å². The third-order valence-corrected chi connectivity index (χ3v) is 4.82. The van der Waals surface area contributed by atoms with E-state index in [1.807, 2.05) is 37.3 Å². The Morgan fingerprint density at radius 3 is 2.48 bits per heavy atom. The molecule has 0 unspecified atom stereocenters. The Morgan fingerprint density at radius 1 is 1.07 bits per heavy atom. The van der Waals surface area contributed by atoms with Crippen molar-refractivity contribution in [3.05, 3.63) is 53.1 Å². The van der Waals surface area contributed by atoms with Crippen LogP contribution in [-0.4, -0.2) is 45.3 Å². The van der Waals surface area contributed by atoms with Crippen LogP contribution in [0.1, 0.15) is 23.1 Å². The quantitative estimate of drug-likeness (QED) is 0.693. The molecule has 0 radical (unpaired) electrons. The highest BCUT2D eigenvalue weighted by Gasteiger charge is 2.13. The molecule has 0 aromatic heterocycles. The number of nitrogens with zero attached hydrogens (tertiary/aromatic N) is 1. The molecule has 6 heteroatoms. The van der Waals surface area contributed by atoms with Crippen LogP contribution in [0.25, 0.3) is 6.08 Å². The van der Waals surface area contributed by atoms with Gasteiger partial charge in [-0.05, 0) is 54.0 Å². The van der Waals surface area contributed by atoms with Crippen molar-refractivity contribution >= 4 is 12.0 Å². The Morgan fingerprint density at radius 2 is 1.76 bits per heavy atom. The fourth-order valence-electron chi connectivity index (χ4n) is 3.10. The lowest BCUT2D eigenvalue weighted by atomic mass is 10.1. The Hall–Kier alpha value is -3.15. The van der Waals surface area contributed by atoms with Crippen LogP contribution in [0.5, 0.6) is 23.0 Å². The van der Waals surface area contributed by atoms with Gasteiger partial charge in [-0.15, -0.1) is 0 Å². The molecule has 0 saturated carbocycles. The first-order chi connectivity index (χ1) is 14.0. The minimum Gasteiger partial charge on any atom is -0.493 e. The van der Waals surface area contributed by atoms with Crippen molar-refractivity contribution in [1.82, 2.24) is 4.90 Å². The van der Waals surface area contributed by atoms with Gasteiger partial charge in [0.2, 0.25) is 5.91 Å². The van der Waals surface area contributed by atoms with Crippen LogP contribution in [0.2, 0.25) is 0 Å². The maximum Gasteiger partial charge on any atom is 0.246 e. The number of methoxy groups -OCH3 is 2. The second-order valence-electron chi connectivity index (χ2n) is 6.92. The number of amides is 1. The molecule has 0 bridgehead atoms. The minimum atomic E-state index is -0.0914. The Labute approximate surface area is 171 Å². The molecule has 2 aromatic carbocycles. The van der Waals surface area contributed by atoms with Crippen molar-refractivity contribution in [2.24, 2.45) is 0 Å². The Bertz CT molecular complexity index is 906. The molecule has 0 N–H and O–H groups in total. The van der Waals surface area contributed by atoms with Crippen LogP contribution in [0.4, 0.5) is 0 Å². The summed E-state index contributed by atoms with van der Waals surface area (Å²) in [6.07, 6.45) is 4.21. The zero-order valence-corrected chi connectivity index (χ0v) is 17.4. The van der Waals surface area contributed by atoms with Crippen molar-refractivity contribution in [2.75, 3.05) is 34.5 Å². The predicted molar refractivity (Wildman–Crippen MR) is 112 cm³/mol. The second-order valence-corrected chi connectivity index (χ2v) is 6.92. The van der Waals surface area contributed by atoms with E-state index in [2.05, 4.69) is 0 Å². The number of rotatable bonds is 6. The molecule has 0 atom stereocenters. The summed E-state index contributed by atoms with van der Waals surface area (Å²) in [5.41, 5.74) is 2.93. The van der Waals surface area contributed by atoms with Gasteiger partial charge in [-0.3, -0.25) is 4.79 Å². The van der Waals surface area contributed by atoms with Crippen LogP contribution in [-0.2, 0) is 11.3 Å². The summed E-state index contributed by atoms with van der Waals surface area (Å²) >= 11 is 0. The molecular formula is C23H27NO5. The summed E-state index contributed by atoms with van der Waals surface area (Å²) in [5.74, 6) is 2.69. The van der Waals surface area contributed by atoms with Crippen LogP contribution in [0.3, 0.4) is 0 Å². The molecule has 154 valence electrons. The zero-order chi connectivity index (χ0) is 20.8. The van der Waals surface area contributed by atoms with E-state index in [0.717, 1.165) is 28.9 Å². The number of ether oxygens (including phenoxy) is 4. The number of likely N-dealkylation sites (N-methyl/N-ethyl adjacent to an activating group) is 1. The molecule has 1 aliphatic rings. The summed E-state index contributed by atoms with van der Waals surface area (Å²) in [4.78, 5) is 14.2. The molecule has 1 heterocycles. The maximum absolute atomic E-state index is 12.6. The van der Waals surface area contributed by atoms with E-state index >= 15 is 0 Å². The van der Waals surface area contributed by atoms with Gasteiger partial charge in [0.1, 0.15) is 0 Å². The van der Waals surface area contributed by atoms with Gasteiger partial charge in [0.25, 0.3) is 0 Å². The summed E-state index contributed by atoms with van der Waals surface area (Å²) in [6.45, 7) is 3.74. The number of fused-ring (bicyclic) bond motifs is 1. The van der Waals surface area contributed by atoms with Gasteiger partial charge in [-0.2, -0.15) is 0 Å². The third kappa shape index (κ3) is 5.02. The minimum absolute atomic E-state index is 0.0914. The second kappa shape index (κ2) is 9.37. The van der Waals surface area contributed by atoms with E-state index in [9.17, 15) is 4.79 Å². The number of carbonyl (C=O) groups excluding carboxylic acids is 1. The lowest BCUT2D eigenvalue weighted by Crippen LogP contribution is -2.24. The van der Waals surface area contributed by atoms with Crippen LogP contribution < -0.4 is 18.9 Å². The molecule has 0 saturated heterocycles. The molecule has 6 nitrogen and oxygen atoms in total. The van der Waals surface area contributed by atoms with Crippen molar-refractivity contribution < 1.29 is 23.7 Å². The number of benzene rings is 2. The van der Waals surface area contributed by atoms with Crippen LogP contribution >= 0.6 is 0 Å². The maximum atomic E-state index is 12.6. The van der Waals surface area contributed by atoms with Gasteiger partial charge in [-0.25, -0.2) is 0 Å². The average molecular weight is 397 g/mol. The molecule has 1 amide bonds. The highest BCUT2D eigenvalue weighted by Crippen LogP contribution is 2.32. The lowest BCUT2D eigenvalue weighted by molar-refractivity contribution is -0.125. The number of hydrogen-bond acceptors (Lipinski definition) is 5. The highest BCUT2D eigenvalue weighted by atomic mass is 16.5. The summed E-state index contributed by atoms with van der Waals surface area (Å²) in [7, 11) is 4.98. The SMILES string of the molecule is COc1cc(C)c(CN(C)C(=O)C=Cc2ccc3c(c2)OCCCO3)cc1OC. The van der Waals surface area contributed by atoms with E-state index in [-0.39, 0.29) is 5.91 Å². The highest BCUT2D eigenvalue weighted by molar-refractivity contribution is 5.91. The smallest absolute Gasteiger partial charge is 0.246 e. The average Bonchev–Trinajstić information content (AvgIpc) is 2.97. The molecular weight excluding hydrogens is 370 g/mol. The van der Waals surface area contributed by atoms with Gasteiger partial charge in [-0.1, -0.05) is 6.07 Å². The fourth-order valence-corrected chi connectivity index (χ4v) is 3.10. The normalized spacial score (nSPS) is 13.1. The summed E-state index contributed by atoms with van der Waals surface area (Å²) in [5, 5.41) is 0. The molecule has 0 fully saturated rings. The summed E-state index contributed by atoms with van der Waals surface area (Å²) < 4.78 is 22.0. The monoisotopic (exact) mass is 397 g/mol. The van der Waals surface area contributed by atoms with Gasteiger partial charge >= 0.3 is 0 Å². The van der Waals surface area contributed by atoms with E-state index < -0.39 is 0 Å². The van der Waals surface area contributed by atoms with E-state index in [1.165, 1.54) is 0 Å². The fraction of sp³-hybridized carbons (Fsp3) is 0.348. The topological polar surface area (TPSA) is 57.2 Å². The molecule has 29 heavy (non-hydrogen) atoms. The first kappa shape index (κ1) is 20.6. The Balaban J connectivity index is 1.69. The van der Waals surface area contributed by atoms with Gasteiger partial charge in [0, 0.05) is 26.1 Å². The third-order valence-electron chi connectivity index (χ3n) is 4.82. The standard InChI is InChI=1S/C23H27NO5/c1-16-12-20(26-3)21(27-4)14-18(16)15-24(2)23(25)9-7-17-6-8-19-22(13-17)29-11-5-10-28-19/h6-9,12-14H,5,10-11,15H2,1-4H3. The largest absolute Gasteiger partial charge is 0.493 e. The molecule has 1 aliphatic heterocycles. The van der Waals surface area contributed by atoms with Crippen molar-refractivity contribution in [1.29, 1.82) is 0 Å². The van der Waals surface area contributed by atoms with E-state index in [4.69, 9.17) is 18.9 Å². The first-order valence-corrected chi connectivity index (χ1v) is 9.56. The predicted octanol–water partition coefficient (Wildman–Crippen LogP) is 3.85. The Kier molecular flexibility index (Phi) is 6.65. The van der Waals surface area contributed by atoms with Gasteiger partial charge in [0.05, 0.1) is 27.4 Å². The molecule has 0 spiro atoms. The van der Waals surface area contributed by atoms with Crippen molar-refractivity contribution in [2.45, 2.75) is 19.9 Å². The summed E-state index contributed by atoms with van der Waals surface area (Å²) in [6, 6.07) is 9.51. The van der Waals surface area contributed by atoms with E-state index in [0.29, 0.717) is 37.0 Å². The zero-order valence-electron chi connectivity index (χ0n) is 17.4. The lowest BCUT2D eigenvalue weighted by Gasteiger charge is -2.18. The number of carbonyl (C=O) groups is 1. The van der Waals surface area contributed by atoms with Gasteiger partial charge in [0.15, 0.2) is 23.0 Å². The number of aryl methyl sites for hydroxylation is 1. The molecule has 0 aliphatic carbocycles. The van der Waals surface area contributed by atoms with Gasteiger partial charge < -0.3 is 23.8 Å². The van der Waals surface area contributed by atoms with Crippen LogP contribution in [0.15, 0.2) is 36.4 Å². The molecule has 2 aromatic rings.